The zero-order valence-corrected chi connectivity index (χ0v) is 9.51. The fraction of sp³-hybridized carbons (Fsp3) is 1.00. The molecule has 98 valence electrons. The van der Waals surface area contributed by atoms with Gasteiger partial charge in [-0.2, -0.15) is 0 Å². The van der Waals surface area contributed by atoms with E-state index in [0.29, 0.717) is 0 Å². The van der Waals surface area contributed by atoms with Crippen molar-refractivity contribution in [2.45, 2.75) is 0 Å². The van der Waals surface area contributed by atoms with Crippen LogP contribution in [0.4, 0.5) is 0 Å². The summed E-state index contributed by atoms with van der Waals surface area (Å²) in [7, 11) is 3.03. The maximum Gasteiger partial charge on any atom is 0.183 e. The molecule has 16 heavy (non-hydrogen) atoms. The topological polar surface area (TPSA) is 73.8 Å². The molecule has 0 radical (unpaired) electrons. The maximum atomic E-state index is 4.82. The smallest absolute Gasteiger partial charge is 0.183 e. The van der Waals surface area contributed by atoms with Gasteiger partial charge in [0.1, 0.15) is 13.6 Å². The van der Waals surface area contributed by atoms with Crippen molar-refractivity contribution in [2.24, 2.45) is 0 Å². The van der Waals surface area contributed by atoms with Crippen molar-refractivity contribution in [3.8, 4) is 0 Å². The summed E-state index contributed by atoms with van der Waals surface area (Å²) in [6, 6.07) is 0. The van der Waals surface area contributed by atoms with E-state index in [1.165, 1.54) is 14.2 Å². The van der Waals surface area contributed by atoms with Gasteiger partial charge in [0.05, 0.1) is 0 Å². The van der Waals surface area contributed by atoms with Gasteiger partial charge in [0.2, 0.25) is 0 Å². The minimum absolute atomic E-state index is 0.0635. The maximum absolute atomic E-state index is 4.82. The van der Waals surface area contributed by atoms with E-state index in [0.717, 1.165) is 0 Å². The molecule has 0 aliphatic carbocycles. The molecule has 0 aromatic rings. The van der Waals surface area contributed by atoms with Crippen molar-refractivity contribution < 1.29 is 38.2 Å². The summed E-state index contributed by atoms with van der Waals surface area (Å²) in [6.45, 7) is 0.337. The highest BCUT2D eigenvalue weighted by atomic mass is 17.2. The van der Waals surface area contributed by atoms with Crippen molar-refractivity contribution in [1.82, 2.24) is 0 Å². The van der Waals surface area contributed by atoms with Crippen molar-refractivity contribution in [3.63, 3.8) is 0 Å². The van der Waals surface area contributed by atoms with Crippen molar-refractivity contribution in [1.29, 1.82) is 0 Å². The van der Waals surface area contributed by atoms with Crippen LogP contribution >= 0.6 is 0 Å². The van der Waals surface area contributed by atoms with Gasteiger partial charge in [0.25, 0.3) is 0 Å². The Labute approximate surface area is 94.1 Å². The molecule has 0 N–H and O–H groups in total. The van der Waals surface area contributed by atoms with Crippen molar-refractivity contribution in [2.75, 3.05) is 55.0 Å². The number of hydrogen-bond donors (Lipinski definition) is 0. The Morgan fingerprint density at radius 1 is 0.500 bits per heavy atom. The first kappa shape index (κ1) is 15.7. The molecular weight excluding hydrogens is 224 g/mol. The predicted octanol–water partition coefficient (Wildman–Crippen LogP) is 0.0388. The molecule has 0 spiro atoms. The van der Waals surface area contributed by atoms with Gasteiger partial charge >= 0.3 is 0 Å². The Balaban J connectivity index is 2.83. The summed E-state index contributed by atoms with van der Waals surface area (Å²) in [6.07, 6.45) is 0. The average Bonchev–Trinajstić information content (AvgIpc) is 2.31. The molecule has 8 heteroatoms. The molecule has 0 fully saturated rings. The Morgan fingerprint density at radius 2 is 0.875 bits per heavy atom. The average molecular weight is 242 g/mol. The van der Waals surface area contributed by atoms with Crippen LogP contribution in [-0.2, 0) is 38.2 Å². The quantitative estimate of drug-likeness (QED) is 0.194. The molecule has 0 rings (SSSR count). The van der Waals surface area contributed by atoms with Crippen LogP contribution in [0.2, 0.25) is 0 Å². The highest BCUT2D eigenvalue weighted by Gasteiger charge is 1.91. The summed E-state index contributed by atoms with van der Waals surface area (Å²) in [5.41, 5.74) is 0. The lowest BCUT2D eigenvalue weighted by atomic mass is 11.3. The van der Waals surface area contributed by atoms with Crippen molar-refractivity contribution in [3.05, 3.63) is 0 Å². The molecule has 0 aromatic carbocycles. The van der Waals surface area contributed by atoms with Crippen LogP contribution in [0.3, 0.4) is 0 Å². The summed E-state index contributed by atoms with van der Waals surface area (Å²) < 4.78 is 28.5. The van der Waals surface area contributed by atoms with E-state index < -0.39 is 0 Å². The molecule has 0 aromatic heterocycles. The van der Waals surface area contributed by atoms with Gasteiger partial charge in [-0.15, -0.1) is 0 Å². The number of ether oxygens (including phenoxy) is 6. The largest absolute Gasteiger partial charge is 0.359 e. The van der Waals surface area contributed by atoms with E-state index in [1.807, 2.05) is 0 Å². The second kappa shape index (κ2) is 14.7. The number of hydrogen-bond acceptors (Lipinski definition) is 8. The standard InChI is InChI=1S/C8H18O8/c1-9-3-11-5-13-7-15-16-8-14-6-12-4-10-2/h3-8H2,1-2H3. The summed E-state index contributed by atoms with van der Waals surface area (Å²) in [5, 5.41) is 0. The van der Waals surface area contributed by atoms with Gasteiger partial charge in [0, 0.05) is 14.2 Å². The van der Waals surface area contributed by atoms with Gasteiger partial charge in [-0.1, -0.05) is 0 Å². The normalized spacial score (nSPS) is 10.9. The fourth-order valence-corrected chi connectivity index (χ4v) is 0.557. The second-order valence-corrected chi connectivity index (χ2v) is 2.34. The second-order valence-electron chi connectivity index (χ2n) is 2.34. The first-order valence-electron chi connectivity index (χ1n) is 4.45. The van der Waals surface area contributed by atoms with Gasteiger partial charge in [-0.25, -0.2) is 9.78 Å². The highest BCUT2D eigenvalue weighted by Crippen LogP contribution is 1.85. The molecule has 0 saturated carbocycles. The van der Waals surface area contributed by atoms with E-state index in [1.54, 1.807) is 0 Å². The summed E-state index contributed by atoms with van der Waals surface area (Å²) >= 11 is 0. The highest BCUT2D eigenvalue weighted by molar-refractivity contribution is 4.02. The molecule has 0 amide bonds. The predicted molar refractivity (Wildman–Crippen MR) is 49.7 cm³/mol. The van der Waals surface area contributed by atoms with Crippen LogP contribution in [0.5, 0.6) is 0 Å². The monoisotopic (exact) mass is 242 g/mol. The SMILES string of the molecule is COCOCOCOOCOCOCOC. The minimum atomic E-state index is -0.0635. The lowest BCUT2D eigenvalue weighted by Crippen LogP contribution is -2.09. The van der Waals surface area contributed by atoms with Crippen LogP contribution in [0.25, 0.3) is 0 Å². The summed E-state index contributed by atoms with van der Waals surface area (Å²) in [4.78, 5) is 9.13. The fourth-order valence-electron chi connectivity index (χ4n) is 0.557. The lowest BCUT2D eigenvalue weighted by molar-refractivity contribution is -0.382. The van der Waals surface area contributed by atoms with E-state index >= 15 is 0 Å². The van der Waals surface area contributed by atoms with Gasteiger partial charge in [-0.3, -0.25) is 0 Å². The van der Waals surface area contributed by atoms with E-state index in [-0.39, 0.29) is 40.8 Å². The first-order chi connectivity index (χ1) is 7.91. The third-order valence-corrected chi connectivity index (χ3v) is 1.08. The van der Waals surface area contributed by atoms with Crippen LogP contribution < -0.4 is 0 Å². The van der Waals surface area contributed by atoms with Crippen molar-refractivity contribution >= 4 is 0 Å². The molecule has 0 saturated heterocycles. The zero-order chi connectivity index (χ0) is 11.9. The van der Waals surface area contributed by atoms with Gasteiger partial charge in [-0.05, 0) is 0 Å². The molecule has 0 heterocycles. The Bertz CT molecular complexity index is 109. The number of methoxy groups -OCH3 is 2. The first-order valence-corrected chi connectivity index (χ1v) is 4.45. The van der Waals surface area contributed by atoms with E-state index in [4.69, 9.17) is 18.9 Å². The summed E-state index contributed by atoms with van der Waals surface area (Å²) in [5.74, 6) is 0. The van der Waals surface area contributed by atoms with Crippen LogP contribution in [0, 0.1) is 0 Å². The zero-order valence-electron chi connectivity index (χ0n) is 9.51. The van der Waals surface area contributed by atoms with Crippen LogP contribution in [-0.4, -0.2) is 55.0 Å². The molecule has 0 atom stereocenters. The Morgan fingerprint density at radius 3 is 1.25 bits per heavy atom. The Kier molecular flexibility index (Phi) is 14.4. The minimum Gasteiger partial charge on any atom is -0.359 e. The molecule has 0 unspecified atom stereocenters. The lowest BCUT2D eigenvalue weighted by Gasteiger charge is -2.06. The Hall–Kier alpha value is -0.320. The van der Waals surface area contributed by atoms with Crippen LogP contribution in [0.1, 0.15) is 0 Å². The molecule has 0 aliphatic heterocycles. The van der Waals surface area contributed by atoms with Gasteiger partial charge < -0.3 is 28.4 Å². The van der Waals surface area contributed by atoms with E-state index in [9.17, 15) is 0 Å². The molecule has 0 bridgehead atoms. The number of rotatable bonds is 13. The molecule has 0 aliphatic rings. The third kappa shape index (κ3) is 13.7. The third-order valence-electron chi connectivity index (χ3n) is 1.08. The molecule has 8 nitrogen and oxygen atoms in total. The van der Waals surface area contributed by atoms with E-state index in [2.05, 4.69) is 19.2 Å². The molecular formula is C8H18O8. The van der Waals surface area contributed by atoms with Gasteiger partial charge in [0.15, 0.2) is 27.2 Å². The van der Waals surface area contributed by atoms with Crippen LogP contribution in [0.15, 0.2) is 0 Å².